The van der Waals surface area contributed by atoms with Crippen LogP contribution in [0.1, 0.15) is 19.4 Å². The van der Waals surface area contributed by atoms with E-state index >= 15 is 0 Å². The number of carbonyl (C=O) groups excluding carboxylic acids is 1. The second-order valence-electron chi connectivity index (χ2n) is 7.39. The zero-order valence-electron chi connectivity index (χ0n) is 15.4. The monoisotopic (exact) mass is 362 g/mol. The third-order valence-corrected chi connectivity index (χ3v) is 5.22. The quantitative estimate of drug-likeness (QED) is 0.604. The molecule has 0 atom stereocenters. The molecule has 3 rings (SSSR count). The Kier molecular flexibility index (Phi) is 5.43. The molecule has 8 nitrogen and oxygen atoms in total. The predicted octanol–water partition coefficient (Wildman–Crippen LogP) is 1.18. The number of benzene rings is 1. The first kappa shape index (κ1) is 18.6. The smallest absolute Gasteiger partial charge is 0.274 e. The summed E-state index contributed by atoms with van der Waals surface area (Å²) in [5.74, 6) is -0.0642. The third kappa shape index (κ3) is 3.96. The molecule has 0 spiro atoms. The molecule has 0 aliphatic carbocycles. The van der Waals surface area contributed by atoms with Crippen LogP contribution in [0.15, 0.2) is 18.2 Å². The van der Waals surface area contributed by atoms with Crippen molar-refractivity contribution in [3.05, 3.63) is 33.9 Å². The molecule has 1 aromatic rings. The number of nitro benzene ring substituents is 1. The average molecular weight is 362 g/mol. The average Bonchev–Trinajstić information content (AvgIpc) is 3.03. The van der Waals surface area contributed by atoms with E-state index in [1.165, 1.54) is 6.07 Å². The Bertz CT molecular complexity index is 686. The van der Waals surface area contributed by atoms with Gasteiger partial charge in [0.1, 0.15) is 0 Å². The number of hydrogen-bond donors (Lipinski definition) is 1. The maximum atomic E-state index is 12.4. The van der Waals surface area contributed by atoms with Crippen LogP contribution in [0.4, 0.5) is 11.4 Å². The van der Waals surface area contributed by atoms with Gasteiger partial charge in [0.2, 0.25) is 5.91 Å². The van der Waals surface area contributed by atoms with Crippen molar-refractivity contribution in [3.63, 3.8) is 0 Å². The van der Waals surface area contributed by atoms with E-state index < -0.39 is 0 Å². The summed E-state index contributed by atoms with van der Waals surface area (Å²) in [4.78, 5) is 27.5. The molecular formula is C18H26N4O4. The second kappa shape index (κ2) is 7.59. The van der Waals surface area contributed by atoms with E-state index in [0.29, 0.717) is 19.5 Å². The molecule has 26 heavy (non-hydrogen) atoms. The van der Waals surface area contributed by atoms with Crippen molar-refractivity contribution in [2.24, 2.45) is 0 Å². The summed E-state index contributed by atoms with van der Waals surface area (Å²) in [5, 5.41) is 14.2. The van der Waals surface area contributed by atoms with Gasteiger partial charge >= 0.3 is 0 Å². The highest BCUT2D eigenvalue weighted by Crippen LogP contribution is 2.34. The molecule has 0 radical (unpaired) electrons. The molecule has 1 aromatic carbocycles. The van der Waals surface area contributed by atoms with Gasteiger partial charge in [0.05, 0.1) is 30.2 Å². The van der Waals surface area contributed by atoms with Crippen LogP contribution < -0.4 is 10.2 Å². The number of amides is 1. The Morgan fingerprint density at radius 3 is 2.73 bits per heavy atom. The van der Waals surface area contributed by atoms with Crippen LogP contribution in [0.25, 0.3) is 0 Å². The van der Waals surface area contributed by atoms with Gasteiger partial charge < -0.3 is 15.0 Å². The second-order valence-corrected chi connectivity index (χ2v) is 7.39. The summed E-state index contributed by atoms with van der Waals surface area (Å²) < 4.78 is 5.39. The fourth-order valence-corrected chi connectivity index (χ4v) is 3.64. The van der Waals surface area contributed by atoms with Gasteiger partial charge in [0.25, 0.3) is 5.69 Å². The Morgan fingerprint density at radius 1 is 1.31 bits per heavy atom. The molecule has 2 aliphatic heterocycles. The molecule has 0 aromatic heterocycles. The highest BCUT2D eigenvalue weighted by molar-refractivity contribution is 5.83. The van der Waals surface area contributed by atoms with Crippen molar-refractivity contribution in [1.29, 1.82) is 0 Å². The summed E-state index contributed by atoms with van der Waals surface area (Å²) >= 11 is 0. The molecular weight excluding hydrogens is 336 g/mol. The fraction of sp³-hybridized carbons (Fsp3) is 0.611. The lowest BCUT2D eigenvalue weighted by molar-refractivity contribution is -0.385. The molecule has 8 heteroatoms. The minimum atomic E-state index is -0.354. The number of fused-ring (bicyclic) bond motifs is 1. The third-order valence-electron chi connectivity index (χ3n) is 5.22. The zero-order chi connectivity index (χ0) is 18.7. The molecule has 142 valence electrons. The van der Waals surface area contributed by atoms with Crippen LogP contribution in [-0.4, -0.2) is 67.2 Å². The van der Waals surface area contributed by atoms with E-state index in [1.807, 2.05) is 11.0 Å². The molecule has 0 unspecified atom stereocenters. The van der Waals surface area contributed by atoms with E-state index in [2.05, 4.69) is 24.1 Å². The van der Waals surface area contributed by atoms with Gasteiger partial charge in [-0.3, -0.25) is 19.8 Å². The standard InChI is InChI=1S/C18H26N4O4/c1-18(2,21-8-10-26-11-9-21)13-19-17(23)12-20-7-6-14-15(20)4-3-5-16(14)22(24)25/h3-5H,6-13H2,1-2H3,(H,19,23). The topological polar surface area (TPSA) is 88.0 Å². The van der Waals surface area contributed by atoms with Crippen LogP contribution in [0.3, 0.4) is 0 Å². The van der Waals surface area contributed by atoms with Gasteiger partial charge in [-0.15, -0.1) is 0 Å². The maximum absolute atomic E-state index is 12.4. The van der Waals surface area contributed by atoms with Crippen LogP contribution in [0.5, 0.6) is 0 Å². The molecule has 1 fully saturated rings. The summed E-state index contributed by atoms with van der Waals surface area (Å²) in [7, 11) is 0. The lowest BCUT2D eigenvalue weighted by Gasteiger charge is -2.41. The van der Waals surface area contributed by atoms with Crippen LogP contribution in [0, 0.1) is 10.1 Å². The largest absolute Gasteiger partial charge is 0.379 e. The van der Waals surface area contributed by atoms with E-state index in [1.54, 1.807) is 6.07 Å². The first-order chi connectivity index (χ1) is 12.4. The summed E-state index contributed by atoms with van der Waals surface area (Å²) in [6.07, 6.45) is 0.596. The van der Waals surface area contributed by atoms with Crippen molar-refractivity contribution in [1.82, 2.24) is 10.2 Å². The lowest BCUT2D eigenvalue weighted by Crippen LogP contribution is -2.56. The van der Waals surface area contributed by atoms with Gasteiger partial charge in [-0.25, -0.2) is 0 Å². The molecule has 2 aliphatic rings. The van der Waals surface area contributed by atoms with Crippen LogP contribution in [-0.2, 0) is 16.0 Å². The number of hydrogen-bond acceptors (Lipinski definition) is 6. The van der Waals surface area contributed by atoms with E-state index in [4.69, 9.17) is 4.74 Å². The molecule has 0 bridgehead atoms. The first-order valence-electron chi connectivity index (χ1n) is 8.99. The SMILES string of the molecule is CC(C)(CNC(=O)CN1CCc2c1cccc2[N+](=O)[O-])N1CCOCC1. The van der Waals surface area contributed by atoms with Gasteiger partial charge in [-0.1, -0.05) is 6.07 Å². The Hall–Kier alpha value is -2.19. The van der Waals surface area contributed by atoms with Crippen molar-refractivity contribution < 1.29 is 14.5 Å². The van der Waals surface area contributed by atoms with Gasteiger partial charge in [0, 0.05) is 43.5 Å². The number of ether oxygens (including phenoxy) is 1. The fourth-order valence-electron chi connectivity index (χ4n) is 3.64. The summed E-state index contributed by atoms with van der Waals surface area (Å²) in [6, 6.07) is 5.04. The van der Waals surface area contributed by atoms with Gasteiger partial charge in [0.15, 0.2) is 0 Å². The minimum Gasteiger partial charge on any atom is -0.379 e. The van der Waals surface area contributed by atoms with E-state index in [0.717, 1.165) is 37.6 Å². The Balaban J connectivity index is 1.57. The Labute approximate surface area is 153 Å². The molecule has 1 N–H and O–H groups in total. The van der Waals surface area contributed by atoms with Crippen molar-refractivity contribution in [2.75, 3.05) is 50.8 Å². The van der Waals surface area contributed by atoms with Crippen molar-refractivity contribution >= 4 is 17.3 Å². The minimum absolute atomic E-state index is 0.0642. The van der Waals surface area contributed by atoms with Gasteiger partial charge in [-0.2, -0.15) is 0 Å². The molecule has 1 saturated heterocycles. The van der Waals surface area contributed by atoms with E-state index in [9.17, 15) is 14.9 Å². The highest BCUT2D eigenvalue weighted by atomic mass is 16.6. The Morgan fingerprint density at radius 2 is 2.04 bits per heavy atom. The number of nitro groups is 1. The lowest BCUT2D eigenvalue weighted by atomic mass is 10.0. The van der Waals surface area contributed by atoms with Crippen LogP contribution in [0.2, 0.25) is 0 Å². The van der Waals surface area contributed by atoms with Gasteiger partial charge in [-0.05, 0) is 26.3 Å². The molecule has 2 heterocycles. The first-order valence-corrected chi connectivity index (χ1v) is 8.99. The number of rotatable bonds is 6. The maximum Gasteiger partial charge on any atom is 0.274 e. The van der Waals surface area contributed by atoms with Crippen molar-refractivity contribution in [2.45, 2.75) is 25.8 Å². The highest BCUT2D eigenvalue weighted by Gasteiger charge is 2.30. The number of anilines is 1. The molecule has 0 saturated carbocycles. The number of morpholine rings is 1. The van der Waals surface area contributed by atoms with E-state index in [-0.39, 0.29) is 28.6 Å². The number of nitrogens with zero attached hydrogens (tertiary/aromatic N) is 3. The van der Waals surface area contributed by atoms with Crippen molar-refractivity contribution in [3.8, 4) is 0 Å². The summed E-state index contributed by atoms with van der Waals surface area (Å²) in [6.45, 7) is 8.81. The van der Waals surface area contributed by atoms with Crippen LogP contribution >= 0.6 is 0 Å². The summed E-state index contributed by atoms with van der Waals surface area (Å²) in [5.41, 5.74) is 1.51. The predicted molar refractivity (Wildman–Crippen MR) is 98.5 cm³/mol. The zero-order valence-corrected chi connectivity index (χ0v) is 15.4. The molecule has 1 amide bonds. The number of carbonyl (C=O) groups is 1. The number of nitrogens with one attached hydrogen (secondary N) is 1. The normalized spacial score (nSPS) is 17.8.